The van der Waals surface area contributed by atoms with Gasteiger partial charge >= 0.3 is 0 Å². The van der Waals surface area contributed by atoms with Gasteiger partial charge in [-0.3, -0.25) is 4.79 Å². The number of anilines is 2. The van der Waals surface area contributed by atoms with Crippen molar-refractivity contribution >= 4 is 28.9 Å². The molecule has 0 spiro atoms. The highest BCUT2D eigenvalue weighted by molar-refractivity contribution is 6.29. The summed E-state index contributed by atoms with van der Waals surface area (Å²) in [6.45, 7) is 1.66. The average molecular weight is 396 g/mol. The highest BCUT2D eigenvalue weighted by atomic mass is 35.5. The molecule has 0 saturated heterocycles. The molecule has 0 aliphatic carbocycles. The number of aromatic nitrogens is 1. The molecule has 0 bridgehead atoms. The third kappa shape index (κ3) is 3.99. The van der Waals surface area contributed by atoms with Crippen LogP contribution in [0.5, 0.6) is 0 Å². The van der Waals surface area contributed by atoms with Crippen LogP contribution < -0.4 is 10.2 Å². The van der Waals surface area contributed by atoms with E-state index in [4.69, 9.17) is 11.6 Å². The fraction of sp³-hybridized carbons (Fsp3) is 0.182. The monoisotopic (exact) mass is 395 g/mol. The lowest BCUT2D eigenvalue weighted by atomic mass is 9.98. The molecule has 4 nitrogen and oxygen atoms in total. The summed E-state index contributed by atoms with van der Waals surface area (Å²) in [6.07, 6.45) is 3.60. The molecule has 2 aromatic carbocycles. The number of pyridine rings is 1. The Balaban J connectivity index is 1.58. The zero-order valence-electron chi connectivity index (χ0n) is 15.2. The molecule has 0 unspecified atom stereocenters. The Morgan fingerprint density at radius 2 is 2.00 bits per heavy atom. The van der Waals surface area contributed by atoms with Crippen LogP contribution in [0.15, 0.2) is 60.8 Å². The minimum absolute atomic E-state index is 0.244. The summed E-state index contributed by atoms with van der Waals surface area (Å²) < 4.78 is 13.1. The van der Waals surface area contributed by atoms with Crippen LogP contribution in [0, 0.1) is 5.82 Å². The Bertz CT molecular complexity index is 1010. The van der Waals surface area contributed by atoms with E-state index in [9.17, 15) is 9.18 Å². The summed E-state index contributed by atoms with van der Waals surface area (Å²) in [5.74, 6) is -0.605. The largest absolute Gasteiger partial charge is 0.367 e. The van der Waals surface area contributed by atoms with Crippen molar-refractivity contribution in [3.8, 4) is 0 Å². The molecule has 0 saturated carbocycles. The maximum atomic E-state index is 13.1. The van der Waals surface area contributed by atoms with E-state index in [2.05, 4.69) is 21.3 Å². The molecular weight excluding hydrogens is 377 g/mol. The van der Waals surface area contributed by atoms with Gasteiger partial charge in [-0.25, -0.2) is 9.37 Å². The van der Waals surface area contributed by atoms with Gasteiger partial charge in [0.05, 0.1) is 0 Å². The topological polar surface area (TPSA) is 45.2 Å². The molecule has 0 atom stereocenters. The summed E-state index contributed by atoms with van der Waals surface area (Å²) in [4.78, 5) is 18.9. The average Bonchev–Trinajstić information content (AvgIpc) is 2.69. The number of hydrogen-bond acceptors (Lipinski definition) is 3. The van der Waals surface area contributed by atoms with Crippen molar-refractivity contribution in [2.45, 2.75) is 19.4 Å². The van der Waals surface area contributed by atoms with Crippen LogP contribution in [-0.2, 0) is 13.0 Å². The second-order valence-corrected chi connectivity index (χ2v) is 7.16. The highest BCUT2D eigenvalue weighted by Crippen LogP contribution is 2.34. The van der Waals surface area contributed by atoms with Gasteiger partial charge in [-0.2, -0.15) is 0 Å². The van der Waals surface area contributed by atoms with Crippen LogP contribution >= 0.6 is 11.6 Å². The molecule has 1 aromatic heterocycles. The van der Waals surface area contributed by atoms with E-state index in [0.717, 1.165) is 48.4 Å². The lowest BCUT2D eigenvalue weighted by molar-refractivity contribution is 0.102. The van der Waals surface area contributed by atoms with Crippen LogP contribution in [0.3, 0.4) is 0 Å². The van der Waals surface area contributed by atoms with Crippen molar-refractivity contribution in [1.82, 2.24) is 4.98 Å². The normalized spacial score (nSPS) is 13.1. The number of amides is 1. The van der Waals surface area contributed by atoms with Crippen LogP contribution in [0.4, 0.5) is 15.8 Å². The molecule has 28 heavy (non-hydrogen) atoms. The number of carbonyl (C=O) groups excluding carboxylic acids is 1. The van der Waals surface area contributed by atoms with Crippen LogP contribution in [0.2, 0.25) is 5.15 Å². The summed E-state index contributed by atoms with van der Waals surface area (Å²) in [5, 5.41) is 3.46. The predicted octanol–water partition coefficient (Wildman–Crippen LogP) is 5.08. The van der Waals surface area contributed by atoms with E-state index in [1.54, 1.807) is 6.20 Å². The molecular formula is C22H19ClFN3O. The first-order chi connectivity index (χ1) is 13.6. The van der Waals surface area contributed by atoms with Crippen molar-refractivity contribution in [2.24, 2.45) is 0 Å². The van der Waals surface area contributed by atoms with Gasteiger partial charge in [0.25, 0.3) is 5.91 Å². The Hall–Kier alpha value is -2.92. The fourth-order valence-corrected chi connectivity index (χ4v) is 3.74. The fourth-order valence-electron chi connectivity index (χ4n) is 3.54. The van der Waals surface area contributed by atoms with Gasteiger partial charge in [0, 0.05) is 36.2 Å². The van der Waals surface area contributed by atoms with Gasteiger partial charge in [0.15, 0.2) is 0 Å². The van der Waals surface area contributed by atoms with Crippen molar-refractivity contribution < 1.29 is 9.18 Å². The summed E-state index contributed by atoms with van der Waals surface area (Å²) >= 11 is 6.01. The first-order valence-electron chi connectivity index (χ1n) is 9.14. The SMILES string of the molecule is O=C(Nc1cccc2c1CCCN2Cc1ccnc(Cl)c1)c1ccc(F)cc1. The molecule has 1 aliphatic heterocycles. The molecule has 6 heteroatoms. The summed E-state index contributed by atoms with van der Waals surface area (Å²) in [6, 6.07) is 15.3. The first-order valence-corrected chi connectivity index (χ1v) is 9.52. The van der Waals surface area contributed by atoms with E-state index in [-0.39, 0.29) is 11.7 Å². The Morgan fingerprint density at radius 1 is 1.18 bits per heavy atom. The van der Waals surface area contributed by atoms with E-state index in [1.165, 1.54) is 24.3 Å². The molecule has 3 aromatic rings. The molecule has 142 valence electrons. The van der Waals surface area contributed by atoms with Gasteiger partial charge < -0.3 is 10.2 Å². The second kappa shape index (κ2) is 7.98. The third-order valence-electron chi connectivity index (χ3n) is 4.87. The number of hydrogen-bond donors (Lipinski definition) is 1. The van der Waals surface area contributed by atoms with E-state index in [0.29, 0.717) is 10.7 Å². The molecule has 1 amide bonds. The zero-order valence-corrected chi connectivity index (χ0v) is 15.9. The van der Waals surface area contributed by atoms with Crippen LogP contribution in [-0.4, -0.2) is 17.4 Å². The van der Waals surface area contributed by atoms with Gasteiger partial charge in [0.1, 0.15) is 11.0 Å². The number of rotatable bonds is 4. The van der Waals surface area contributed by atoms with E-state index in [1.807, 2.05) is 24.3 Å². The van der Waals surface area contributed by atoms with E-state index < -0.39 is 0 Å². The highest BCUT2D eigenvalue weighted by Gasteiger charge is 2.21. The second-order valence-electron chi connectivity index (χ2n) is 6.78. The number of benzene rings is 2. The van der Waals surface area contributed by atoms with Crippen LogP contribution in [0.25, 0.3) is 0 Å². The Morgan fingerprint density at radius 3 is 2.79 bits per heavy atom. The van der Waals surface area contributed by atoms with Gasteiger partial charge in [-0.05, 0) is 72.5 Å². The summed E-state index contributed by atoms with van der Waals surface area (Å²) in [5.41, 5.74) is 4.54. The first kappa shape index (κ1) is 18.4. The minimum atomic E-state index is -0.361. The van der Waals surface area contributed by atoms with E-state index >= 15 is 0 Å². The number of carbonyl (C=O) groups is 1. The molecule has 4 rings (SSSR count). The summed E-state index contributed by atoms with van der Waals surface area (Å²) in [7, 11) is 0. The van der Waals surface area contributed by atoms with Gasteiger partial charge in [-0.1, -0.05) is 17.7 Å². The molecule has 1 aliphatic rings. The number of nitrogens with zero attached hydrogens (tertiary/aromatic N) is 2. The predicted molar refractivity (Wildman–Crippen MR) is 109 cm³/mol. The van der Waals surface area contributed by atoms with Crippen molar-refractivity contribution in [3.05, 3.63) is 88.5 Å². The van der Waals surface area contributed by atoms with Crippen molar-refractivity contribution in [3.63, 3.8) is 0 Å². The number of nitrogens with one attached hydrogen (secondary N) is 1. The Kier molecular flexibility index (Phi) is 5.26. The third-order valence-corrected chi connectivity index (χ3v) is 5.07. The lowest BCUT2D eigenvalue weighted by Crippen LogP contribution is -2.29. The lowest BCUT2D eigenvalue weighted by Gasteiger charge is -2.32. The maximum absolute atomic E-state index is 13.1. The van der Waals surface area contributed by atoms with Crippen molar-refractivity contribution in [1.29, 1.82) is 0 Å². The molecule has 0 radical (unpaired) electrons. The molecule has 2 heterocycles. The standard InChI is InChI=1S/C22H19ClFN3O/c23-21-13-15(10-11-25-21)14-27-12-2-3-18-19(4-1-5-20(18)27)26-22(28)16-6-8-17(24)9-7-16/h1,4-11,13H,2-3,12,14H2,(H,26,28). The molecule has 0 fully saturated rings. The minimum Gasteiger partial charge on any atom is -0.367 e. The van der Waals surface area contributed by atoms with Crippen molar-refractivity contribution in [2.75, 3.05) is 16.8 Å². The van der Waals surface area contributed by atoms with Gasteiger partial charge in [0.2, 0.25) is 0 Å². The number of fused-ring (bicyclic) bond motifs is 1. The Labute approximate surface area is 168 Å². The maximum Gasteiger partial charge on any atom is 0.255 e. The quantitative estimate of drug-likeness (QED) is 0.626. The number of halogens is 2. The van der Waals surface area contributed by atoms with Crippen LogP contribution in [0.1, 0.15) is 27.9 Å². The van der Waals surface area contributed by atoms with Gasteiger partial charge in [-0.15, -0.1) is 0 Å². The smallest absolute Gasteiger partial charge is 0.255 e. The molecule has 1 N–H and O–H groups in total. The zero-order chi connectivity index (χ0) is 19.5.